The summed E-state index contributed by atoms with van der Waals surface area (Å²) in [4.78, 5) is 21.6. The van der Waals surface area contributed by atoms with Crippen molar-refractivity contribution in [2.45, 2.75) is 33.1 Å². The van der Waals surface area contributed by atoms with Crippen molar-refractivity contribution in [2.24, 2.45) is 0 Å². The number of carbonyl (C=O) groups is 1. The summed E-state index contributed by atoms with van der Waals surface area (Å²) in [5.74, 6) is 0.0864. The van der Waals surface area contributed by atoms with E-state index in [1.54, 1.807) is 11.3 Å². The minimum atomic E-state index is 0.0864. The van der Waals surface area contributed by atoms with E-state index in [9.17, 15) is 4.79 Å². The summed E-state index contributed by atoms with van der Waals surface area (Å²) < 4.78 is 0. The van der Waals surface area contributed by atoms with Gasteiger partial charge >= 0.3 is 0 Å². The van der Waals surface area contributed by atoms with E-state index in [2.05, 4.69) is 52.1 Å². The number of aryl methyl sites for hydroxylation is 2. The number of para-hydroxylation sites is 1. The molecule has 0 bridgehead atoms. The van der Waals surface area contributed by atoms with Crippen molar-refractivity contribution < 1.29 is 4.79 Å². The second-order valence-corrected chi connectivity index (χ2v) is 7.51. The minimum absolute atomic E-state index is 0.0864. The first-order valence-corrected chi connectivity index (χ1v) is 10.4. The van der Waals surface area contributed by atoms with Gasteiger partial charge in [-0.2, -0.15) is 0 Å². The van der Waals surface area contributed by atoms with E-state index >= 15 is 0 Å². The molecular formula is C20H28N4OS. The van der Waals surface area contributed by atoms with Gasteiger partial charge in [-0.1, -0.05) is 32.0 Å². The Labute approximate surface area is 160 Å². The number of rotatable bonds is 6. The Hall–Kier alpha value is -1.92. The lowest BCUT2D eigenvalue weighted by Gasteiger charge is -2.22. The highest BCUT2D eigenvalue weighted by atomic mass is 32.1. The summed E-state index contributed by atoms with van der Waals surface area (Å²) in [6.07, 6.45) is 4.76. The van der Waals surface area contributed by atoms with E-state index in [1.165, 1.54) is 11.1 Å². The van der Waals surface area contributed by atoms with Gasteiger partial charge in [-0.05, 0) is 30.4 Å². The molecule has 0 unspecified atom stereocenters. The first-order valence-electron chi connectivity index (χ1n) is 9.48. The van der Waals surface area contributed by atoms with Crippen LogP contribution in [0.3, 0.4) is 0 Å². The van der Waals surface area contributed by atoms with Crippen LogP contribution in [-0.2, 0) is 17.6 Å². The van der Waals surface area contributed by atoms with Crippen LogP contribution in [0.1, 0.15) is 31.4 Å². The number of anilines is 2. The molecular weight excluding hydrogens is 344 g/mol. The molecule has 2 heterocycles. The fourth-order valence-corrected chi connectivity index (χ4v) is 4.17. The van der Waals surface area contributed by atoms with Crippen LogP contribution in [0.4, 0.5) is 10.8 Å². The average Bonchev–Trinajstić information content (AvgIpc) is 3.09. The highest BCUT2D eigenvalue weighted by molar-refractivity contribution is 7.13. The zero-order valence-corrected chi connectivity index (χ0v) is 16.5. The smallest absolute Gasteiger partial charge is 0.238 e. The highest BCUT2D eigenvalue weighted by Gasteiger charge is 2.19. The molecule has 0 spiro atoms. The van der Waals surface area contributed by atoms with Crippen LogP contribution in [0.25, 0.3) is 0 Å². The molecule has 1 aromatic heterocycles. The van der Waals surface area contributed by atoms with Crippen LogP contribution in [0.15, 0.2) is 29.8 Å². The first-order chi connectivity index (χ1) is 12.7. The van der Waals surface area contributed by atoms with Crippen molar-refractivity contribution in [1.29, 1.82) is 0 Å². The Morgan fingerprint density at radius 1 is 1.15 bits per heavy atom. The maximum absolute atomic E-state index is 12.7. The summed E-state index contributed by atoms with van der Waals surface area (Å²) in [5.41, 5.74) is 3.44. The number of thiazole rings is 1. The summed E-state index contributed by atoms with van der Waals surface area (Å²) in [6, 6.07) is 6.29. The third-order valence-corrected chi connectivity index (χ3v) is 5.74. The molecule has 2 aromatic rings. The van der Waals surface area contributed by atoms with Crippen LogP contribution < -0.4 is 10.2 Å². The van der Waals surface area contributed by atoms with Crippen molar-refractivity contribution in [2.75, 3.05) is 42.9 Å². The Morgan fingerprint density at radius 3 is 2.58 bits per heavy atom. The highest BCUT2D eigenvalue weighted by Crippen LogP contribution is 2.23. The molecule has 1 aromatic carbocycles. The maximum Gasteiger partial charge on any atom is 0.238 e. The SMILES string of the molecule is CCc1cccc(CC)c1NC(=O)CN1CCCN(c2nccs2)CC1. The Morgan fingerprint density at radius 2 is 1.92 bits per heavy atom. The van der Waals surface area contributed by atoms with Gasteiger partial charge in [0.25, 0.3) is 0 Å². The summed E-state index contributed by atoms with van der Waals surface area (Å²) in [7, 11) is 0. The largest absolute Gasteiger partial charge is 0.347 e. The number of benzene rings is 1. The lowest BCUT2D eigenvalue weighted by Crippen LogP contribution is -2.36. The Balaban J connectivity index is 1.59. The van der Waals surface area contributed by atoms with E-state index in [4.69, 9.17) is 0 Å². The van der Waals surface area contributed by atoms with Crippen molar-refractivity contribution in [1.82, 2.24) is 9.88 Å². The lowest BCUT2D eigenvalue weighted by molar-refractivity contribution is -0.117. The Kier molecular flexibility index (Phi) is 6.63. The summed E-state index contributed by atoms with van der Waals surface area (Å²) in [5, 5.41) is 6.28. The zero-order chi connectivity index (χ0) is 18.4. The van der Waals surface area contributed by atoms with E-state index in [0.717, 1.165) is 56.3 Å². The average molecular weight is 373 g/mol. The quantitative estimate of drug-likeness (QED) is 0.844. The van der Waals surface area contributed by atoms with Gasteiger partial charge in [0.2, 0.25) is 5.91 Å². The van der Waals surface area contributed by atoms with Gasteiger partial charge in [-0.15, -0.1) is 11.3 Å². The number of aromatic nitrogens is 1. The van der Waals surface area contributed by atoms with Gasteiger partial charge in [0.05, 0.1) is 6.54 Å². The first kappa shape index (κ1) is 18.9. The molecule has 1 saturated heterocycles. The molecule has 0 aliphatic carbocycles. The van der Waals surface area contributed by atoms with E-state index < -0.39 is 0 Å². The van der Waals surface area contributed by atoms with Gasteiger partial charge in [-0.25, -0.2) is 4.98 Å². The van der Waals surface area contributed by atoms with E-state index in [-0.39, 0.29) is 5.91 Å². The molecule has 1 fully saturated rings. The van der Waals surface area contributed by atoms with Crippen molar-refractivity contribution in [3.8, 4) is 0 Å². The standard InChI is InChI=1S/C20H28N4OS/c1-3-16-7-5-8-17(4-2)19(16)22-18(25)15-23-10-6-11-24(13-12-23)20-21-9-14-26-20/h5,7-9,14H,3-4,6,10-13,15H2,1-2H3,(H,22,25). The van der Waals surface area contributed by atoms with Gasteiger partial charge in [0.15, 0.2) is 5.13 Å². The number of carbonyl (C=O) groups excluding carboxylic acids is 1. The number of hydrogen-bond donors (Lipinski definition) is 1. The molecule has 26 heavy (non-hydrogen) atoms. The van der Waals surface area contributed by atoms with Crippen molar-refractivity contribution in [3.05, 3.63) is 40.9 Å². The third-order valence-electron chi connectivity index (χ3n) is 4.91. The predicted molar refractivity (Wildman–Crippen MR) is 109 cm³/mol. The molecule has 1 N–H and O–H groups in total. The van der Waals surface area contributed by atoms with Crippen LogP contribution >= 0.6 is 11.3 Å². The topological polar surface area (TPSA) is 48.5 Å². The molecule has 140 valence electrons. The van der Waals surface area contributed by atoms with E-state index in [0.29, 0.717) is 6.54 Å². The van der Waals surface area contributed by atoms with Gasteiger partial charge in [0.1, 0.15) is 0 Å². The molecule has 3 rings (SSSR count). The van der Waals surface area contributed by atoms with Crippen molar-refractivity contribution in [3.63, 3.8) is 0 Å². The van der Waals surface area contributed by atoms with Gasteiger partial charge < -0.3 is 10.2 Å². The summed E-state index contributed by atoms with van der Waals surface area (Å²) >= 11 is 1.68. The normalized spacial score (nSPS) is 15.7. The van der Waals surface area contributed by atoms with Crippen LogP contribution in [0.5, 0.6) is 0 Å². The van der Waals surface area contributed by atoms with Gasteiger partial charge in [0, 0.05) is 43.4 Å². The number of amides is 1. The summed E-state index contributed by atoms with van der Waals surface area (Å²) in [6.45, 7) is 8.48. The van der Waals surface area contributed by atoms with E-state index in [1.807, 2.05) is 11.6 Å². The Bertz CT molecular complexity index is 694. The molecule has 5 nitrogen and oxygen atoms in total. The van der Waals surface area contributed by atoms with Crippen LogP contribution in [-0.4, -0.2) is 48.5 Å². The third kappa shape index (κ3) is 4.62. The van der Waals surface area contributed by atoms with Crippen LogP contribution in [0.2, 0.25) is 0 Å². The second-order valence-electron chi connectivity index (χ2n) is 6.64. The molecule has 1 aliphatic rings. The number of hydrogen-bond acceptors (Lipinski definition) is 5. The molecule has 1 amide bonds. The molecule has 0 atom stereocenters. The molecule has 1 aliphatic heterocycles. The second kappa shape index (κ2) is 9.14. The molecule has 6 heteroatoms. The maximum atomic E-state index is 12.7. The predicted octanol–water partition coefficient (Wildman–Crippen LogP) is 3.42. The molecule has 0 radical (unpaired) electrons. The fraction of sp³-hybridized carbons (Fsp3) is 0.500. The fourth-order valence-electron chi connectivity index (χ4n) is 3.48. The number of nitrogens with zero attached hydrogens (tertiary/aromatic N) is 3. The van der Waals surface area contributed by atoms with Crippen molar-refractivity contribution >= 4 is 28.1 Å². The minimum Gasteiger partial charge on any atom is -0.347 e. The monoisotopic (exact) mass is 372 g/mol. The van der Waals surface area contributed by atoms with Gasteiger partial charge in [-0.3, -0.25) is 9.69 Å². The van der Waals surface area contributed by atoms with Crippen LogP contribution in [0, 0.1) is 0 Å². The lowest BCUT2D eigenvalue weighted by atomic mass is 10.0. The zero-order valence-electron chi connectivity index (χ0n) is 15.7. The number of nitrogens with one attached hydrogen (secondary N) is 1. The molecule has 0 saturated carbocycles.